The van der Waals surface area contributed by atoms with Gasteiger partial charge in [0.05, 0.1) is 0 Å². The second-order valence-electron chi connectivity index (χ2n) is 6.30. The Bertz CT molecular complexity index is 958. The normalized spacial score (nSPS) is 12.8. The van der Waals surface area contributed by atoms with Crippen LogP contribution >= 0.6 is 35.3 Å². The third kappa shape index (κ3) is 4.87. The van der Waals surface area contributed by atoms with Gasteiger partial charge >= 0.3 is 0 Å². The van der Waals surface area contributed by atoms with Gasteiger partial charge in [-0.05, 0) is 53.9 Å². The zero-order valence-corrected chi connectivity index (χ0v) is 16.9. The first-order valence-corrected chi connectivity index (χ1v) is 9.70. The highest BCUT2D eigenvalue weighted by molar-refractivity contribution is 7.15. The summed E-state index contributed by atoms with van der Waals surface area (Å²) in [6.45, 7) is 1.83. The molecule has 0 saturated carbocycles. The van der Waals surface area contributed by atoms with Crippen LogP contribution in [0.15, 0.2) is 48.7 Å². The largest absolute Gasteiger partial charge is 0.312 e. The van der Waals surface area contributed by atoms with Crippen molar-refractivity contribution in [3.8, 4) is 0 Å². The Hall–Kier alpha value is -1.92. The zero-order valence-electron chi connectivity index (χ0n) is 14.5. The topological polar surface area (TPSA) is 54.0 Å². The summed E-state index contributed by atoms with van der Waals surface area (Å²) in [6.07, 6.45) is 3.51. The van der Waals surface area contributed by atoms with E-state index in [0.717, 1.165) is 41.4 Å². The smallest absolute Gasteiger partial charge is 0.257 e. The van der Waals surface area contributed by atoms with Crippen molar-refractivity contribution >= 4 is 46.4 Å². The fraction of sp³-hybridized carbons (Fsp3) is 0.200. The minimum atomic E-state index is -0.116. The molecule has 1 aromatic heterocycles. The summed E-state index contributed by atoms with van der Waals surface area (Å²) < 4.78 is 0. The van der Waals surface area contributed by atoms with E-state index in [1.807, 2.05) is 42.5 Å². The number of anilines is 1. The van der Waals surface area contributed by atoms with Crippen molar-refractivity contribution < 1.29 is 4.79 Å². The fourth-order valence-corrected chi connectivity index (χ4v) is 4.14. The van der Waals surface area contributed by atoms with E-state index in [4.69, 9.17) is 11.6 Å². The number of thiazole rings is 1. The van der Waals surface area contributed by atoms with E-state index in [0.29, 0.717) is 10.7 Å². The number of nitrogens with zero attached hydrogens (tertiary/aromatic N) is 1. The highest BCUT2D eigenvalue weighted by atomic mass is 35.5. The van der Waals surface area contributed by atoms with Crippen molar-refractivity contribution in [2.45, 2.75) is 19.4 Å². The number of amides is 1. The number of carbonyl (C=O) groups is 1. The Kier molecular flexibility index (Phi) is 6.50. The summed E-state index contributed by atoms with van der Waals surface area (Å²) in [6, 6.07) is 13.7. The van der Waals surface area contributed by atoms with Crippen LogP contribution in [-0.2, 0) is 19.4 Å². The lowest BCUT2D eigenvalue weighted by molar-refractivity contribution is 0.102. The molecule has 0 unspecified atom stereocenters. The molecule has 4 nitrogen and oxygen atoms in total. The van der Waals surface area contributed by atoms with Gasteiger partial charge in [0.25, 0.3) is 5.91 Å². The number of aromatic nitrogens is 1. The molecule has 0 atom stereocenters. The zero-order chi connectivity index (χ0) is 17.9. The molecular formula is C20H19Cl2N3OS. The molecule has 1 aliphatic rings. The van der Waals surface area contributed by atoms with Crippen molar-refractivity contribution in [2.75, 3.05) is 11.9 Å². The van der Waals surface area contributed by atoms with Gasteiger partial charge in [-0.1, -0.05) is 29.8 Å². The maximum absolute atomic E-state index is 12.5. The summed E-state index contributed by atoms with van der Waals surface area (Å²) in [5.74, 6) is -0.116. The third-order valence-corrected chi connectivity index (χ3v) is 5.54. The number of carbonyl (C=O) groups excluding carboxylic acids is 1. The molecule has 140 valence electrons. The lowest BCUT2D eigenvalue weighted by atomic mass is 9.98. The Morgan fingerprint density at radius 2 is 2.11 bits per heavy atom. The molecule has 2 N–H and O–H groups in total. The number of hydrogen-bond acceptors (Lipinski definition) is 4. The third-order valence-electron chi connectivity index (χ3n) is 4.40. The van der Waals surface area contributed by atoms with Crippen LogP contribution in [0.25, 0.3) is 0 Å². The number of nitrogens with one attached hydrogen (secondary N) is 2. The van der Waals surface area contributed by atoms with Crippen molar-refractivity contribution in [1.82, 2.24) is 10.3 Å². The molecule has 0 aliphatic carbocycles. The molecule has 1 amide bonds. The molecule has 0 spiro atoms. The van der Waals surface area contributed by atoms with Crippen molar-refractivity contribution in [1.29, 1.82) is 0 Å². The Balaban J connectivity index is 0.00000210. The molecule has 0 fully saturated rings. The van der Waals surface area contributed by atoms with Crippen LogP contribution in [0.5, 0.6) is 0 Å². The van der Waals surface area contributed by atoms with E-state index < -0.39 is 0 Å². The highest BCUT2D eigenvalue weighted by Crippen LogP contribution is 2.23. The monoisotopic (exact) mass is 419 g/mol. The number of hydrogen-bond donors (Lipinski definition) is 2. The van der Waals surface area contributed by atoms with E-state index in [1.165, 1.54) is 22.5 Å². The lowest BCUT2D eigenvalue weighted by Gasteiger charge is -2.17. The Labute approximate surface area is 173 Å². The number of halogens is 2. The minimum absolute atomic E-state index is 0. The molecule has 2 aromatic carbocycles. The van der Waals surface area contributed by atoms with E-state index >= 15 is 0 Å². The van der Waals surface area contributed by atoms with E-state index in [1.54, 1.807) is 6.20 Å². The predicted molar refractivity (Wildman–Crippen MR) is 113 cm³/mol. The molecule has 3 aromatic rings. The molecular weight excluding hydrogens is 401 g/mol. The Morgan fingerprint density at radius 3 is 2.96 bits per heavy atom. The van der Waals surface area contributed by atoms with E-state index in [2.05, 4.69) is 15.6 Å². The van der Waals surface area contributed by atoms with Crippen LogP contribution in [0.3, 0.4) is 0 Å². The van der Waals surface area contributed by atoms with Crippen LogP contribution in [0.4, 0.5) is 5.13 Å². The van der Waals surface area contributed by atoms with Crippen LogP contribution in [-0.4, -0.2) is 17.4 Å². The summed E-state index contributed by atoms with van der Waals surface area (Å²) in [7, 11) is 0. The van der Waals surface area contributed by atoms with Gasteiger partial charge in [0.1, 0.15) is 0 Å². The first kappa shape index (κ1) is 19.8. The fourth-order valence-electron chi connectivity index (χ4n) is 3.08. The van der Waals surface area contributed by atoms with E-state index in [9.17, 15) is 4.79 Å². The number of fused-ring (bicyclic) bond motifs is 1. The molecule has 0 saturated heterocycles. The van der Waals surface area contributed by atoms with E-state index in [-0.39, 0.29) is 18.3 Å². The van der Waals surface area contributed by atoms with Gasteiger partial charge < -0.3 is 5.32 Å². The summed E-state index contributed by atoms with van der Waals surface area (Å²) >= 11 is 7.52. The van der Waals surface area contributed by atoms with Crippen LogP contribution in [0.2, 0.25) is 5.02 Å². The first-order chi connectivity index (χ1) is 12.7. The SMILES string of the molecule is Cl.O=C(Nc1ncc(Cc2cccc(Cl)c2)s1)c1ccc2c(c1)CCNC2. The van der Waals surface area contributed by atoms with Crippen molar-refractivity contribution in [3.05, 3.63) is 80.8 Å². The van der Waals surface area contributed by atoms with Crippen LogP contribution in [0, 0.1) is 0 Å². The standard InChI is InChI=1S/C20H18ClN3OS.ClH/c21-17-3-1-2-13(8-17)9-18-12-23-20(26-18)24-19(25)15-4-5-16-11-22-7-6-14(16)10-15;/h1-5,8,10,12,22H,6-7,9,11H2,(H,23,24,25);1H. The van der Waals surface area contributed by atoms with Gasteiger partial charge in [-0.15, -0.1) is 23.7 Å². The van der Waals surface area contributed by atoms with Crippen LogP contribution in [0.1, 0.15) is 31.9 Å². The first-order valence-electron chi connectivity index (χ1n) is 8.50. The van der Waals surface area contributed by atoms with Crippen molar-refractivity contribution in [2.24, 2.45) is 0 Å². The van der Waals surface area contributed by atoms with Crippen molar-refractivity contribution in [3.63, 3.8) is 0 Å². The molecule has 4 rings (SSSR count). The van der Waals surface area contributed by atoms with Crippen LogP contribution < -0.4 is 10.6 Å². The Morgan fingerprint density at radius 1 is 1.22 bits per heavy atom. The maximum atomic E-state index is 12.5. The number of benzene rings is 2. The second kappa shape index (κ2) is 8.85. The average Bonchev–Trinajstić information content (AvgIpc) is 3.08. The highest BCUT2D eigenvalue weighted by Gasteiger charge is 2.14. The molecule has 27 heavy (non-hydrogen) atoms. The molecule has 0 bridgehead atoms. The van der Waals surface area contributed by atoms with Gasteiger partial charge in [-0.2, -0.15) is 0 Å². The van der Waals surface area contributed by atoms with Gasteiger partial charge in [0.2, 0.25) is 0 Å². The lowest BCUT2D eigenvalue weighted by Crippen LogP contribution is -2.24. The summed E-state index contributed by atoms with van der Waals surface area (Å²) in [4.78, 5) is 17.9. The summed E-state index contributed by atoms with van der Waals surface area (Å²) in [5, 5.41) is 7.59. The maximum Gasteiger partial charge on any atom is 0.257 e. The second-order valence-corrected chi connectivity index (χ2v) is 7.85. The molecule has 7 heteroatoms. The van der Waals surface area contributed by atoms with Gasteiger partial charge in [-0.3, -0.25) is 10.1 Å². The average molecular weight is 420 g/mol. The number of rotatable bonds is 4. The molecule has 1 aliphatic heterocycles. The molecule has 2 heterocycles. The predicted octanol–water partition coefficient (Wildman–Crippen LogP) is 4.71. The van der Waals surface area contributed by atoms with Gasteiger partial charge in [0.15, 0.2) is 5.13 Å². The quantitative estimate of drug-likeness (QED) is 0.643. The van der Waals surface area contributed by atoms with Gasteiger partial charge in [0, 0.05) is 34.6 Å². The minimum Gasteiger partial charge on any atom is -0.312 e. The summed E-state index contributed by atoms with van der Waals surface area (Å²) in [5.41, 5.74) is 4.32. The molecule has 0 radical (unpaired) electrons. The van der Waals surface area contributed by atoms with Gasteiger partial charge in [-0.25, -0.2) is 4.98 Å².